The van der Waals surface area contributed by atoms with Crippen LogP contribution in [0.15, 0.2) is 42.6 Å². The summed E-state index contributed by atoms with van der Waals surface area (Å²) in [7, 11) is 0. The highest BCUT2D eigenvalue weighted by Gasteiger charge is 2.34. The Bertz CT molecular complexity index is 1200. The van der Waals surface area contributed by atoms with Gasteiger partial charge >= 0.3 is 6.18 Å². The number of benzene rings is 2. The fraction of sp³-hybridized carbons (Fsp3) is 0.375. The van der Waals surface area contributed by atoms with Crippen molar-refractivity contribution in [3.8, 4) is 0 Å². The average Bonchev–Trinajstić information content (AvgIpc) is 3.27. The molecule has 2 amide bonds. The number of fused-ring (bicyclic) bond motifs is 1. The normalized spacial score (nSPS) is 15.3. The van der Waals surface area contributed by atoms with Gasteiger partial charge in [-0.05, 0) is 42.4 Å². The molecule has 0 saturated carbocycles. The number of piperazine rings is 1. The van der Waals surface area contributed by atoms with E-state index >= 15 is 0 Å². The monoisotopic (exact) mass is 488 g/mol. The summed E-state index contributed by atoms with van der Waals surface area (Å²) < 4.78 is 41.3. The van der Waals surface area contributed by atoms with Crippen molar-refractivity contribution >= 4 is 34.1 Å². The van der Waals surface area contributed by atoms with Crippen LogP contribution < -0.4 is 10.6 Å². The summed E-state index contributed by atoms with van der Waals surface area (Å²) in [6.07, 6.45) is -3.46. The maximum absolute atomic E-state index is 13.8. The molecule has 0 radical (unpaired) electrons. The van der Waals surface area contributed by atoms with E-state index in [1.807, 2.05) is 4.90 Å². The highest BCUT2D eigenvalue weighted by molar-refractivity contribution is 6.08. The van der Waals surface area contributed by atoms with Gasteiger partial charge in [-0.3, -0.25) is 19.6 Å². The number of aromatic nitrogens is 2. The summed E-state index contributed by atoms with van der Waals surface area (Å²) in [5, 5.41) is 12.6. The summed E-state index contributed by atoms with van der Waals surface area (Å²) in [5.41, 5.74) is 0.564. The fourth-order valence-corrected chi connectivity index (χ4v) is 4.13. The second-order valence-electron chi connectivity index (χ2n) is 8.53. The van der Waals surface area contributed by atoms with Crippen LogP contribution in [0.2, 0.25) is 0 Å². The zero-order valence-electron chi connectivity index (χ0n) is 19.3. The maximum atomic E-state index is 13.8. The number of nitrogens with one attached hydrogen (secondary N) is 3. The highest BCUT2D eigenvalue weighted by Crippen LogP contribution is 2.34. The van der Waals surface area contributed by atoms with Crippen molar-refractivity contribution in [2.45, 2.75) is 26.1 Å². The van der Waals surface area contributed by atoms with E-state index in [4.69, 9.17) is 0 Å². The van der Waals surface area contributed by atoms with E-state index in [0.717, 1.165) is 36.6 Å². The number of H-pyrrole nitrogens is 1. The standard InChI is InChI=1S/C24H27F3N6O2/c1-2-32-7-9-33(10-8-32)15-17-4-6-18(11-20(17)24(25,26)27)29-22(34)13-23(35)30-19-5-3-16-14-28-31-21(16)12-19/h3-6,11-12,14H,2,7-10,13,15H2,1H3,(H,28,31)(H,29,34)(H,30,35). The van der Waals surface area contributed by atoms with Gasteiger partial charge in [0.1, 0.15) is 6.42 Å². The SMILES string of the molecule is CCN1CCN(Cc2ccc(NC(=O)CC(=O)Nc3ccc4cn[nH]c4c3)cc2C(F)(F)F)CC1. The van der Waals surface area contributed by atoms with Gasteiger partial charge in [0.2, 0.25) is 11.8 Å². The molecular weight excluding hydrogens is 461 g/mol. The van der Waals surface area contributed by atoms with Crippen LogP contribution in [0, 0.1) is 0 Å². The van der Waals surface area contributed by atoms with E-state index in [0.29, 0.717) is 18.8 Å². The van der Waals surface area contributed by atoms with Gasteiger partial charge in [-0.25, -0.2) is 0 Å². The molecule has 0 bridgehead atoms. The molecule has 2 heterocycles. The van der Waals surface area contributed by atoms with Crippen molar-refractivity contribution in [2.24, 2.45) is 0 Å². The third-order valence-corrected chi connectivity index (χ3v) is 6.05. The minimum Gasteiger partial charge on any atom is -0.326 e. The van der Waals surface area contributed by atoms with Crippen LogP contribution in [0.5, 0.6) is 0 Å². The number of amides is 2. The van der Waals surface area contributed by atoms with E-state index in [2.05, 4.69) is 32.7 Å². The zero-order chi connectivity index (χ0) is 25.0. The number of aromatic amines is 1. The minimum atomic E-state index is -4.57. The Kier molecular flexibility index (Phi) is 7.37. The predicted octanol–water partition coefficient (Wildman–Crippen LogP) is 3.69. The van der Waals surface area contributed by atoms with Gasteiger partial charge in [-0.1, -0.05) is 13.0 Å². The molecule has 4 rings (SSSR count). The first kappa shape index (κ1) is 24.7. The van der Waals surface area contributed by atoms with E-state index in [1.165, 1.54) is 12.1 Å². The number of anilines is 2. The molecule has 3 aromatic rings. The summed E-state index contributed by atoms with van der Waals surface area (Å²) in [5.74, 6) is -1.29. The largest absolute Gasteiger partial charge is 0.416 e. The van der Waals surface area contributed by atoms with Crippen molar-refractivity contribution in [2.75, 3.05) is 43.4 Å². The number of hydrogen-bond acceptors (Lipinski definition) is 5. The molecule has 1 aromatic heterocycles. The van der Waals surface area contributed by atoms with Gasteiger partial charge in [-0.15, -0.1) is 0 Å². The lowest BCUT2D eigenvalue weighted by molar-refractivity contribution is -0.138. The van der Waals surface area contributed by atoms with Crippen LogP contribution in [0.1, 0.15) is 24.5 Å². The molecule has 35 heavy (non-hydrogen) atoms. The van der Waals surface area contributed by atoms with Crippen LogP contribution in [0.3, 0.4) is 0 Å². The molecule has 8 nitrogen and oxygen atoms in total. The van der Waals surface area contributed by atoms with Crippen LogP contribution in [0.25, 0.3) is 10.9 Å². The summed E-state index contributed by atoms with van der Waals surface area (Å²) in [6.45, 7) is 6.22. The van der Waals surface area contributed by atoms with Crippen LogP contribution in [-0.4, -0.2) is 64.5 Å². The van der Waals surface area contributed by atoms with Gasteiger partial charge in [0, 0.05) is 49.5 Å². The van der Waals surface area contributed by atoms with E-state index < -0.39 is 30.0 Å². The molecule has 1 aliphatic heterocycles. The fourth-order valence-electron chi connectivity index (χ4n) is 4.13. The molecular formula is C24H27F3N6O2. The van der Waals surface area contributed by atoms with Crippen LogP contribution >= 0.6 is 0 Å². The van der Waals surface area contributed by atoms with Gasteiger partial charge in [0.15, 0.2) is 0 Å². The molecule has 3 N–H and O–H groups in total. The van der Waals surface area contributed by atoms with Crippen molar-refractivity contribution in [3.05, 3.63) is 53.7 Å². The highest BCUT2D eigenvalue weighted by atomic mass is 19.4. The zero-order valence-corrected chi connectivity index (χ0v) is 19.3. The van der Waals surface area contributed by atoms with Crippen LogP contribution in [0.4, 0.5) is 24.5 Å². The predicted molar refractivity (Wildman–Crippen MR) is 127 cm³/mol. The van der Waals surface area contributed by atoms with Crippen molar-refractivity contribution in [1.82, 2.24) is 20.0 Å². The molecule has 186 valence electrons. The van der Waals surface area contributed by atoms with Gasteiger partial charge in [-0.2, -0.15) is 18.3 Å². The van der Waals surface area contributed by atoms with E-state index in [-0.39, 0.29) is 17.8 Å². The molecule has 1 aliphatic rings. The lowest BCUT2D eigenvalue weighted by atomic mass is 10.0. The Hall–Kier alpha value is -3.44. The molecule has 0 spiro atoms. The quantitative estimate of drug-likeness (QED) is 0.441. The summed E-state index contributed by atoms with van der Waals surface area (Å²) in [4.78, 5) is 28.8. The number of carbonyl (C=O) groups excluding carboxylic acids is 2. The van der Waals surface area contributed by atoms with Crippen LogP contribution in [-0.2, 0) is 22.3 Å². The van der Waals surface area contributed by atoms with Crippen molar-refractivity contribution in [1.29, 1.82) is 0 Å². The van der Waals surface area contributed by atoms with Gasteiger partial charge in [0.05, 0.1) is 17.3 Å². The Morgan fingerprint density at radius 2 is 1.60 bits per heavy atom. The van der Waals surface area contributed by atoms with E-state index in [1.54, 1.807) is 24.4 Å². The Labute approximate surface area is 200 Å². The van der Waals surface area contributed by atoms with E-state index in [9.17, 15) is 22.8 Å². The number of rotatable bonds is 7. The molecule has 0 aliphatic carbocycles. The smallest absolute Gasteiger partial charge is 0.326 e. The molecule has 1 saturated heterocycles. The third kappa shape index (κ3) is 6.37. The molecule has 2 aromatic carbocycles. The van der Waals surface area contributed by atoms with Crippen molar-refractivity contribution < 1.29 is 22.8 Å². The topological polar surface area (TPSA) is 93.4 Å². The first-order chi connectivity index (χ1) is 16.7. The van der Waals surface area contributed by atoms with Gasteiger partial charge < -0.3 is 15.5 Å². The minimum absolute atomic E-state index is 0.00597. The molecule has 1 fully saturated rings. The molecule has 0 atom stereocenters. The number of halogens is 3. The Balaban J connectivity index is 1.37. The second kappa shape index (κ2) is 10.4. The number of carbonyl (C=O) groups is 2. The lowest BCUT2D eigenvalue weighted by Gasteiger charge is -2.34. The number of nitrogens with zero attached hydrogens (tertiary/aromatic N) is 3. The summed E-state index contributed by atoms with van der Waals surface area (Å²) in [6, 6.07) is 8.87. The maximum Gasteiger partial charge on any atom is 0.416 e. The second-order valence-corrected chi connectivity index (χ2v) is 8.53. The number of likely N-dealkylation sites (N-methyl/N-ethyl adjacent to an activating group) is 1. The first-order valence-corrected chi connectivity index (χ1v) is 11.4. The number of alkyl halides is 3. The third-order valence-electron chi connectivity index (χ3n) is 6.05. The molecule has 0 unspecified atom stereocenters. The Morgan fingerprint density at radius 1 is 0.971 bits per heavy atom. The molecule has 11 heteroatoms. The lowest BCUT2D eigenvalue weighted by Crippen LogP contribution is -2.45. The van der Waals surface area contributed by atoms with Gasteiger partial charge in [0.25, 0.3) is 0 Å². The summed E-state index contributed by atoms with van der Waals surface area (Å²) >= 11 is 0. The Morgan fingerprint density at radius 3 is 2.26 bits per heavy atom. The average molecular weight is 489 g/mol. The van der Waals surface area contributed by atoms with Crippen molar-refractivity contribution in [3.63, 3.8) is 0 Å². The number of hydrogen-bond donors (Lipinski definition) is 3. The first-order valence-electron chi connectivity index (χ1n) is 11.4.